The second-order valence-corrected chi connectivity index (χ2v) is 3.99. The number of imidazole rings is 1. The topological polar surface area (TPSA) is 56.7 Å². The quantitative estimate of drug-likeness (QED) is 0.620. The monoisotopic (exact) mass is 212 g/mol. The molecule has 0 amide bonds. The molecule has 3 aromatic rings. The first kappa shape index (κ1) is 9.15. The number of pyridine rings is 1. The number of aryl methyl sites for hydroxylation is 2. The lowest BCUT2D eigenvalue weighted by Crippen LogP contribution is -1.97. The molecule has 0 saturated carbocycles. The van der Waals surface area contributed by atoms with E-state index in [1.165, 1.54) is 5.56 Å². The predicted octanol–water partition coefficient (Wildman–Crippen LogP) is 2.01. The van der Waals surface area contributed by atoms with E-state index in [4.69, 9.17) is 5.73 Å². The number of nitrogen functional groups attached to an aromatic ring is 1. The summed E-state index contributed by atoms with van der Waals surface area (Å²) < 4.78 is 1.90. The maximum absolute atomic E-state index is 5.84. The summed E-state index contributed by atoms with van der Waals surface area (Å²) >= 11 is 0. The molecule has 2 N–H and O–H groups in total. The summed E-state index contributed by atoms with van der Waals surface area (Å²) in [5, 5.41) is 1.10. The molecule has 80 valence electrons. The molecule has 0 radical (unpaired) electrons. The van der Waals surface area contributed by atoms with Crippen molar-refractivity contribution >= 4 is 27.9 Å². The molecule has 2 heterocycles. The molecule has 3 rings (SSSR count). The van der Waals surface area contributed by atoms with E-state index in [0.29, 0.717) is 5.95 Å². The number of nitrogens with two attached hydrogens (primary N) is 1. The number of benzene rings is 1. The molecule has 0 bridgehead atoms. The van der Waals surface area contributed by atoms with Gasteiger partial charge in [-0.2, -0.15) is 0 Å². The van der Waals surface area contributed by atoms with Gasteiger partial charge in [-0.1, -0.05) is 6.07 Å². The molecule has 0 aliphatic carbocycles. The maximum atomic E-state index is 5.84. The minimum atomic E-state index is 0.524. The van der Waals surface area contributed by atoms with E-state index in [0.717, 1.165) is 21.9 Å². The fourth-order valence-electron chi connectivity index (χ4n) is 2.17. The molecule has 16 heavy (non-hydrogen) atoms. The molecule has 4 heteroatoms. The SMILES string of the molecule is Cc1cc2cccnc2c2nc(N)n(C)c12. The normalized spacial score (nSPS) is 11.4. The Balaban J connectivity index is 2.65. The molecule has 0 fully saturated rings. The summed E-state index contributed by atoms with van der Waals surface area (Å²) in [5.41, 5.74) is 9.86. The van der Waals surface area contributed by atoms with E-state index < -0.39 is 0 Å². The fourth-order valence-corrected chi connectivity index (χ4v) is 2.17. The third-order valence-corrected chi connectivity index (χ3v) is 2.94. The molecular formula is C12H12N4. The number of nitrogens with zero attached hydrogens (tertiary/aromatic N) is 3. The van der Waals surface area contributed by atoms with Crippen molar-refractivity contribution in [3.63, 3.8) is 0 Å². The van der Waals surface area contributed by atoms with Gasteiger partial charge in [0.2, 0.25) is 5.95 Å². The standard InChI is InChI=1S/C12H12N4/c1-7-6-8-4-3-5-14-9(8)10-11(7)16(2)12(13)15-10/h3-6H,1-2H3,(H2,13,15). The lowest BCUT2D eigenvalue weighted by atomic mass is 10.1. The van der Waals surface area contributed by atoms with Crippen LogP contribution in [0.3, 0.4) is 0 Å². The van der Waals surface area contributed by atoms with Crippen molar-refractivity contribution in [1.82, 2.24) is 14.5 Å². The van der Waals surface area contributed by atoms with E-state index in [1.807, 2.05) is 23.7 Å². The second kappa shape index (κ2) is 2.95. The third-order valence-electron chi connectivity index (χ3n) is 2.94. The van der Waals surface area contributed by atoms with Gasteiger partial charge in [0.05, 0.1) is 11.0 Å². The van der Waals surface area contributed by atoms with Gasteiger partial charge in [0.1, 0.15) is 5.52 Å². The Morgan fingerprint density at radius 3 is 2.94 bits per heavy atom. The Morgan fingerprint density at radius 2 is 2.12 bits per heavy atom. The van der Waals surface area contributed by atoms with Crippen LogP contribution in [0.1, 0.15) is 5.56 Å². The summed E-state index contributed by atoms with van der Waals surface area (Å²) in [6, 6.07) is 6.09. The molecule has 0 unspecified atom stereocenters. The van der Waals surface area contributed by atoms with Gasteiger partial charge in [0, 0.05) is 18.6 Å². The van der Waals surface area contributed by atoms with Crippen molar-refractivity contribution in [3.05, 3.63) is 30.0 Å². The largest absolute Gasteiger partial charge is 0.369 e. The first-order chi connectivity index (χ1) is 7.68. The van der Waals surface area contributed by atoms with Crippen LogP contribution in [0.15, 0.2) is 24.4 Å². The van der Waals surface area contributed by atoms with Crippen LogP contribution >= 0.6 is 0 Å². The molecule has 0 saturated heterocycles. The van der Waals surface area contributed by atoms with Crippen LogP contribution in [0.5, 0.6) is 0 Å². The summed E-state index contributed by atoms with van der Waals surface area (Å²) in [6.07, 6.45) is 1.78. The highest BCUT2D eigenvalue weighted by Gasteiger charge is 2.11. The number of aromatic nitrogens is 3. The Morgan fingerprint density at radius 1 is 1.31 bits per heavy atom. The van der Waals surface area contributed by atoms with Crippen LogP contribution in [-0.4, -0.2) is 14.5 Å². The van der Waals surface area contributed by atoms with Crippen molar-refractivity contribution in [1.29, 1.82) is 0 Å². The van der Waals surface area contributed by atoms with E-state index in [2.05, 4.69) is 23.0 Å². The fraction of sp³-hybridized carbons (Fsp3) is 0.167. The van der Waals surface area contributed by atoms with Crippen LogP contribution in [0, 0.1) is 6.92 Å². The first-order valence-electron chi connectivity index (χ1n) is 5.14. The third kappa shape index (κ3) is 1.04. The zero-order valence-electron chi connectivity index (χ0n) is 9.23. The summed E-state index contributed by atoms with van der Waals surface area (Å²) in [6.45, 7) is 2.07. The minimum Gasteiger partial charge on any atom is -0.369 e. The molecular weight excluding hydrogens is 200 g/mol. The van der Waals surface area contributed by atoms with Gasteiger partial charge in [0.25, 0.3) is 0 Å². The van der Waals surface area contributed by atoms with E-state index >= 15 is 0 Å². The average molecular weight is 212 g/mol. The smallest absolute Gasteiger partial charge is 0.201 e. The van der Waals surface area contributed by atoms with Gasteiger partial charge in [-0.3, -0.25) is 4.98 Å². The van der Waals surface area contributed by atoms with Gasteiger partial charge >= 0.3 is 0 Å². The van der Waals surface area contributed by atoms with Crippen molar-refractivity contribution in [3.8, 4) is 0 Å². The van der Waals surface area contributed by atoms with Crippen LogP contribution in [0.25, 0.3) is 21.9 Å². The number of hydrogen-bond acceptors (Lipinski definition) is 3. The first-order valence-corrected chi connectivity index (χ1v) is 5.14. The van der Waals surface area contributed by atoms with Gasteiger partial charge < -0.3 is 10.3 Å². The molecule has 0 atom stereocenters. The van der Waals surface area contributed by atoms with Crippen molar-refractivity contribution in [2.75, 3.05) is 5.73 Å². The van der Waals surface area contributed by atoms with Crippen LogP contribution < -0.4 is 5.73 Å². The van der Waals surface area contributed by atoms with Gasteiger partial charge in [0.15, 0.2) is 0 Å². The van der Waals surface area contributed by atoms with Crippen LogP contribution in [0.2, 0.25) is 0 Å². The van der Waals surface area contributed by atoms with Crippen molar-refractivity contribution in [2.45, 2.75) is 6.92 Å². The van der Waals surface area contributed by atoms with Gasteiger partial charge in [-0.05, 0) is 24.6 Å². The molecule has 1 aromatic carbocycles. The summed E-state index contributed by atoms with van der Waals surface area (Å²) in [5.74, 6) is 0.524. The Hall–Kier alpha value is -2.10. The molecule has 4 nitrogen and oxygen atoms in total. The zero-order chi connectivity index (χ0) is 11.3. The van der Waals surface area contributed by atoms with Crippen molar-refractivity contribution in [2.24, 2.45) is 7.05 Å². The molecule has 0 spiro atoms. The maximum Gasteiger partial charge on any atom is 0.201 e. The summed E-state index contributed by atoms with van der Waals surface area (Å²) in [4.78, 5) is 8.75. The highest BCUT2D eigenvalue weighted by Crippen LogP contribution is 2.27. The van der Waals surface area contributed by atoms with E-state index in [-0.39, 0.29) is 0 Å². The van der Waals surface area contributed by atoms with E-state index in [1.54, 1.807) is 6.20 Å². The number of hydrogen-bond donors (Lipinski definition) is 1. The molecule has 0 aliphatic rings. The van der Waals surface area contributed by atoms with Gasteiger partial charge in [-0.15, -0.1) is 0 Å². The molecule has 2 aromatic heterocycles. The number of anilines is 1. The lowest BCUT2D eigenvalue weighted by Gasteiger charge is -2.03. The number of fused-ring (bicyclic) bond motifs is 3. The average Bonchev–Trinajstić information content (AvgIpc) is 2.57. The summed E-state index contributed by atoms with van der Waals surface area (Å²) in [7, 11) is 1.92. The highest BCUT2D eigenvalue weighted by molar-refractivity contribution is 6.04. The Kier molecular flexibility index (Phi) is 1.68. The highest BCUT2D eigenvalue weighted by atomic mass is 15.1. The zero-order valence-corrected chi connectivity index (χ0v) is 9.23. The minimum absolute atomic E-state index is 0.524. The van der Waals surface area contributed by atoms with E-state index in [9.17, 15) is 0 Å². The predicted molar refractivity (Wildman–Crippen MR) is 65.2 cm³/mol. The Bertz CT molecular complexity index is 697. The van der Waals surface area contributed by atoms with Crippen molar-refractivity contribution < 1.29 is 0 Å². The van der Waals surface area contributed by atoms with Crippen LogP contribution in [0.4, 0.5) is 5.95 Å². The second-order valence-electron chi connectivity index (χ2n) is 3.99. The molecule has 0 aliphatic heterocycles. The van der Waals surface area contributed by atoms with Gasteiger partial charge in [-0.25, -0.2) is 4.98 Å². The Labute approximate surface area is 92.7 Å². The van der Waals surface area contributed by atoms with Crippen LogP contribution in [-0.2, 0) is 7.05 Å². The lowest BCUT2D eigenvalue weighted by molar-refractivity contribution is 0.961. The number of rotatable bonds is 0.